The number of nitrogens with one attached hydrogen (secondary N) is 2. The molecule has 2 rings (SSSR count). The molecule has 4 nitrogen and oxygen atoms in total. The van der Waals surface area contributed by atoms with Gasteiger partial charge in [0, 0.05) is 12.2 Å². The Morgan fingerprint density at radius 3 is 3.06 bits per heavy atom. The van der Waals surface area contributed by atoms with E-state index in [-0.39, 0.29) is 17.8 Å². The maximum Gasteiger partial charge on any atom is 0.243 e. The van der Waals surface area contributed by atoms with Crippen molar-refractivity contribution >= 4 is 11.6 Å². The van der Waals surface area contributed by atoms with E-state index in [1.165, 1.54) is 6.07 Å². The summed E-state index contributed by atoms with van der Waals surface area (Å²) < 4.78 is 18.5. The monoisotopic (exact) mass is 238 g/mol. The molecular formula is C12H15FN2O2. The van der Waals surface area contributed by atoms with Gasteiger partial charge in [-0.3, -0.25) is 4.79 Å². The predicted molar refractivity (Wildman–Crippen MR) is 62.4 cm³/mol. The van der Waals surface area contributed by atoms with E-state index < -0.39 is 0 Å². The van der Waals surface area contributed by atoms with E-state index in [9.17, 15) is 9.18 Å². The van der Waals surface area contributed by atoms with E-state index in [1.807, 2.05) is 0 Å². The van der Waals surface area contributed by atoms with Gasteiger partial charge >= 0.3 is 0 Å². The number of aryl methyl sites for hydroxylation is 1. The Balaban J connectivity index is 1.99. The van der Waals surface area contributed by atoms with Gasteiger partial charge in [-0.2, -0.15) is 0 Å². The Bertz CT molecular complexity index is 417. The highest BCUT2D eigenvalue weighted by atomic mass is 19.1. The van der Waals surface area contributed by atoms with Crippen LogP contribution in [0.4, 0.5) is 10.1 Å². The Hall–Kier alpha value is -1.46. The zero-order valence-corrected chi connectivity index (χ0v) is 9.63. The number of ether oxygens (including phenoxy) is 1. The molecule has 92 valence electrons. The summed E-state index contributed by atoms with van der Waals surface area (Å²) in [5.41, 5.74) is 1.02. The molecule has 1 saturated heterocycles. The van der Waals surface area contributed by atoms with E-state index in [2.05, 4.69) is 10.6 Å². The van der Waals surface area contributed by atoms with E-state index in [0.717, 1.165) is 0 Å². The van der Waals surface area contributed by atoms with Crippen LogP contribution >= 0.6 is 0 Å². The van der Waals surface area contributed by atoms with Crippen LogP contribution in [0.25, 0.3) is 0 Å². The maximum atomic E-state index is 13.3. The topological polar surface area (TPSA) is 50.4 Å². The van der Waals surface area contributed by atoms with Gasteiger partial charge in [0.1, 0.15) is 11.9 Å². The van der Waals surface area contributed by atoms with Crippen molar-refractivity contribution in [3.05, 3.63) is 29.6 Å². The summed E-state index contributed by atoms with van der Waals surface area (Å²) in [5, 5.41) is 5.69. The third kappa shape index (κ3) is 3.01. The van der Waals surface area contributed by atoms with Gasteiger partial charge in [-0.05, 0) is 24.6 Å². The number of morpholine rings is 1. The summed E-state index contributed by atoms with van der Waals surface area (Å²) in [6.07, 6.45) is 0. The van der Waals surface area contributed by atoms with Crippen molar-refractivity contribution in [1.82, 2.24) is 5.32 Å². The normalized spacial score (nSPS) is 20.0. The summed E-state index contributed by atoms with van der Waals surface area (Å²) >= 11 is 0. The molecular weight excluding hydrogens is 223 g/mol. The number of benzene rings is 1. The van der Waals surface area contributed by atoms with Crippen molar-refractivity contribution < 1.29 is 13.9 Å². The smallest absolute Gasteiger partial charge is 0.243 e. The van der Waals surface area contributed by atoms with E-state index in [4.69, 9.17) is 4.74 Å². The minimum absolute atomic E-state index is 0.201. The molecule has 2 N–H and O–H groups in total. The van der Waals surface area contributed by atoms with E-state index in [0.29, 0.717) is 31.0 Å². The Kier molecular flexibility index (Phi) is 3.71. The number of halogens is 1. The molecule has 5 heteroatoms. The highest BCUT2D eigenvalue weighted by Crippen LogP contribution is 2.13. The fraction of sp³-hybridized carbons (Fsp3) is 0.417. The lowest BCUT2D eigenvalue weighted by atomic mass is 10.2. The van der Waals surface area contributed by atoms with Gasteiger partial charge in [0.25, 0.3) is 0 Å². The van der Waals surface area contributed by atoms with Crippen LogP contribution < -0.4 is 10.6 Å². The van der Waals surface area contributed by atoms with Gasteiger partial charge in [0.2, 0.25) is 5.91 Å². The van der Waals surface area contributed by atoms with Crippen molar-refractivity contribution in [2.75, 3.05) is 25.1 Å². The minimum atomic E-state index is -0.367. The molecule has 0 aliphatic carbocycles. The van der Waals surface area contributed by atoms with Crippen molar-refractivity contribution in [3.63, 3.8) is 0 Å². The molecule has 1 aliphatic rings. The van der Waals surface area contributed by atoms with Crippen LogP contribution in [0.15, 0.2) is 18.2 Å². The average Bonchev–Trinajstić information content (AvgIpc) is 2.35. The molecule has 1 heterocycles. The molecule has 1 aromatic rings. The Morgan fingerprint density at radius 1 is 1.59 bits per heavy atom. The second-order valence-electron chi connectivity index (χ2n) is 4.03. The number of rotatable bonds is 2. The SMILES string of the molecule is Cc1ccc(NC(=O)C2COCCN2)cc1F. The summed E-state index contributed by atoms with van der Waals surface area (Å²) in [6.45, 7) is 3.29. The second kappa shape index (κ2) is 5.25. The van der Waals surface area contributed by atoms with Gasteiger partial charge in [0.15, 0.2) is 0 Å². The van der Waals surface area contributed by atoms with Gasteiger partial charge < -0.3 is 15.4 Å². The van der Waals surface area contributed by atoms with Crippen molar-refractivity contribution in [2.24, 2.45) is 0 Å². The summed E-state index contributed by atoms with van der Waals surface area (Å²) in [4.78, 5) is 11.8. The van der Waals surface area contributed by atoms with Crippen LogP contribution in [0.2, 0.25) is 0 Å². The summed E-state index contributed by atoms with van der Waals surface area (Å²) in [5.74, 6) is -0.524. The first kappa shape index (κ1) is 12.0. The zero-order chi connectivity index (χ0) is 12.3. The quantitative estimate of drug-likeness (QED) is 0.810. The lowest BCUT2D eigenvalue weighted by molar-refractivity contribution is -0.120. The first-order chi connectivity index (χ1) is 8.16. The highest BCUT2D eigenvalue weighted by molar-refractivity contribution is 5.95. The number of amides is 1. The predicted octanol–water partition coefficient (Wildman–Crippen LogP) is 1.06. The van der Waals surface area contributed by atoms with Crippen molar-refractivity contribution in [3.8, 4) is 0 Å². The molecule has 0 radical (unpaired) electrons. The van der Waals surface area contributed by atoms with Gasteiger partial charge in [-0.25, -0.2) is 4.39 Å². The number of hydrogen-bond acceptors (Lipinski definition) is 3. The Morgan fingerprint density at radius 2 is 2.41 bits per heavy atom. The van der Waals surface area contributed by atoms with Crippen LogP contribution in [0.3, 0.4) is 0 Å². The molecule has 0 saturated carbocycles. The standard InChI is InChI=1S/C12H15FN2O2/c1-8-2-3-9(6-10(8)13)15-12(16)11-7-17-5-4-14-11/h2-3,6,11,14H,4-5,7H2,1H3,(H,15,16). The van der Waals surface area contributed by atoms with Crippen LogP contribution in [0.1, 0.15) is 5.56 Å². The fourth-order valence-corrected chi connectivity index (χ4v) is 1.63. The van der Waals surface area contributed by atoms with Gasteiger partial charge in [-0.15, -0.1) is 0 Å². The summed E-state index contributed by atoms with van der Waals surface area (Å²) in [6, 6.07) is 4.26. The Labute approximate surface area is 99.2 Å². The molecule has 1 aromatic carbocycles. The average molecular weight is 238 g/mol. The second-order valence-corrected chi connectivity index (χ2v) is 4.03. The van der Waals surface area contributed by atoms with Crippen molar-refractivity contribution in [1.29, 1.82) is 0 Å². The minimum Gasteiger partial charge on any atom is -0.378 e. The molecule has 1 atom stereocenters. The van der Waals surface area contributed by atoms with Crippen LogP contribution in [-0.2, 0) is 9.53 Å². The molecule has 17 heavy (non-hydrogen) atoms. The third-order valence-corrected chi connectivity index (χ3v) is 2.68. The number of carbonyl (C=O) groups is 1. The first-order valence-corrected chi connectivity index (χ1v) is 5.55. The van der Waals surface area contributed by atoms with Crippen molar-refractivity contribution in [2.45, 2.75) is 13.0 Å². The van der Waals surface area contributed by atoms with Gasteiger partial charge in [0.05, 0.1) is 13.2 Å². The largest absolute Gasteiger partial charge is 0.378 e. The van der Waals surface area contributed by atoms with E-state index >= 15 is 0 Å². The van der Waals surface area contributed by atoms with Crippen LogP contribution in [0.5, 0.6) is 0 Å². The molecule has 1 fully saturated rings. The lowest BCUT2D eigenvalue weighted by Gasteiger charge is -2.22. The zero-order valence-electron chi connectivity index (χ0n) is 9.63. The highest BCUT2D eigenvalue weighted by Gasteiger charge is 2.21. The molecule has 1 amide bonds. The number of hydrogen-bond donors (Lipinski definition) is 2. The number of carbonyl (C=O) groups excluding carboxylic acids is 1. The third-order valence-electron chi connectivity index (χ3n) is 2.68. The van der Waals surface area contributed by atoms with Gasteiger partial charge in [-0.1, -0.05) is 6.07 Å². The number of anilines is 1. The fourth-order valence-electron chi connectivity index (χ4n) is 1.63. The van der Waals surface area contributed by atoms with Crippen LogP contribution in [-0.4, -0.2) is 31.7 Å². The van der Waals surface area contributed by atoms with Crippen LogP contribution in [0, 0.1) is 12.7 Å². The molecule has 0 aromatic heterocycles. The molecule has 0 spiro atoms. The summed E-state index contributed by atoms with van der Waals surface area (Å²) in [7, 11) is 0. The first-order valence-electron chi connectivity index (χ1n) is 5.55. The van der Waals surface area contributed by atoms with E-state index in [1.54, 1.807) is 19.1 Å². The lowest BCUT2D eigenvalue weighted by Crippen LogP contribution is -2.48. The molecule has 1 unspecified atom stereocenters. The molecule has 1 aliphatic heterocycles. The maximum absolute atomic E-state index is 13.3. The molecule has 0 bridgehead atoms.